The lowest BCUT2D eigenvalue weighted by Gasteiger charge is -2.19. The molecule has 1 heteroatoms. The van der Waals surface area contributed by atoms with E-state index in [1.165, 1.54) is 45.2 Å². The smallest absolute Gasteiger partial charge is 0.00913 e. The lowest BCUT2D eigenvalue weighted by Crippen LogP contribution is -2.25. The highest BCUT2D eigenvalue weighted by Gasteiger charge is 2.25. The van der Waals surface area contributed by atoms with Gasteiger partial charge in [-0.05, 0) is 51.1 Å². The van der Waals surface area contributed by atoms with E-state index in [1.807, 2.05) is 6.92 Å². The van der Waals surface area contributed by atoms with Crippen LogP contribution in [0.2, 0.25) is 0 Å². The molecule has 0 aromatic heterocycles. The fraction of sp³-hybridized carbons (Fsp3) is 0.857. The van der Waals surface area contributed by atoms with E-state index in [0.717, 1.165) is 18.3 Å². The first-order valence-electron chi connectivity index (χ1n) is 6.48. The maximum atomic E-state index is 3.56. The Hall–Kier alpha value is -0.480. The summed E-state index contributed by atoms with van der Waals surface area (Å²) >= 11 is 0. The van der Waals surface area contributed by atoms with E-state index < -0.39 is 0 Å². The number of hydrogen-bond acceptors (Lipinski definition) is 1. The molecular formula is C14H25N. The van der Waals surface area contributed by atoms with Crippen LogP contribution in [0.4, 0.5) is 0 Å². The lowest BCUT2D eigenvalue weighted by atomic mass is 9.91. The van der Waals surface area contributed by atoms with Crippen LogP contribution in [0.1, 0.15) is 52.4 Å². The van der Waals surface area contributed by atoms with Crippen molar-refractivity contribution < 1.29 is 0 Å². The molecule has 1 fully saturated rings. The Balaban J connectivity index is 2.19. The van der Waals surface area contributed by atoms with Crippen molar-refractivity contribution in [1.82, 2.24) is 5.32 Å². The van der Waals surface area contributed by atoms with E-state index in [2.05, 4.69) is 24.1 Å². The fourth-order valence-corrected chi connectivity index (χ4v) is 2.61. The zero-order chi connectivity index (χ0) is 10.9. The summed E-state index contributed by atoms with van der Waals surface area (Å²) in [6.45, 7) is 6.58. The predicted octanol–water partition coefficient (Wildman–Crippen LogP) is 3.21. The molecular weight excluding hydrogens is 182 g/mol. The fourth-order valence-electron chi connectivity index (χ4n) is 2.61. The highest BCUT2D eigenvalue weighted by atomic mass is 14.9. The summed E-state index contributed by atoms with van der Waals surface area (Å²) in [4.78, 5) is 0. The van der Waals surface area contributed by atoms with Crippen molar-refractivity contribution in [1.29, 1.82) is 0 Å². The molecule has 1 rings (SSSR count). The van der Waals surface area contributed by atoms with Crippen molar-refractivity contribution in [2.45, 2.75) is 52.4 Å². The summed E-state index contributed by atoms with van der Waals surface area (Å²) < 4.78 is 0. The van der Waals surface area contributed by atoms with Crippen LogP contribution in [0.3, 0.4) is 0 Å². The second-order valence-electron chi connectivity index (χ2n) is 4.62. The van der Waals surface area contributed by atoms with Gasteiger partial charge in [-0.3, -0.25) is 0 Å². The maximum Gasteiger partial charge on any atom is 0.00913 e. The molecule has 0 radical (unpaired) electrons. The average Bonchev–Trinajstić information content (AvgIpc) is 2.67. The standard InChI is InChI=1S/C14H25N/c1-3-5-6-8-13-9-7-10-14(13)12-15-11-4-2/h13-15H,4,6-12H2,1-2H3. The van der Waals surface area contributed by atoms with E-state index in [0.29, 0.717) is 0 Å². The molecule has 0 heterocycles. The quantitative estimate of drug-likeness (QED) is 0.521. The maximum absolute atomic E-state index is 3.56. The van der Waals surface area contributed by atoms with Crippen molar-refractivity contribution in [2.24, 2.45) is 11.8 Å². The molecule has 1 N–H and O–H groups in total. The Morgan fingerprint density at radius 2 is 2.07 bits per heavy atom. The normalized spacial score (nSPS) is 24.9. The molecule has 15 heavy (non-hydrogen) atoms. The first-order valence-corrected chi connectivity index (χ1v) is 6.48. The third-order valence-corrected chi connectivity index (χ3v) is 3.47. The molecule has 0 aliphatic heterocycles. The largest absolute Gasteiger partial charge is 0.316 e. The predicted molar refractivity (Wildman–Crippen MR) is 66.7 cm³/mol. The third-order valence-electron chi connectivity index (χ3n) is 3.47. The van der Waals surface area contributed by atoms with Crippen LogP contribution in [0.15, 0.2) is 0 Å². The van der Waals surface area contributed by atoms with Crippen molar-refractivity contribution in [3.8, 4) is 11.8 Å². The topological polar surface area (TPSA) is 12.0 Å². The Bertz CT molecular complexity index is 211. The number of nitrogens with one attached hydrogen (secondary N) is 1. The van der Waals surface area contributed by atoms with E-state index in [9.17, 15) is 0 Å². The lowest BCUT2D eigenvalue weighted by molar-refractivity contribution is 0.351. The van der Waals surface area contributed by atoms with Crippen molar-refractivity contribution in [2.75, 3.05) is 13.1 Å². The van der Waals surface area contributed by atoms with E-state index in [-0.39, 0.29) is 0 Å². The molecule has 1 aliphatic rings. The molecule has 1 aliphatic carbocycles. The summed E-state index contributed by atoms with van der Waals surface area (Å²) in [6, 6.07) is 0. The number of rotatable bonds is 6. The molecule has 1 nitrogen and oxygen atoms in total. The molecule has 0 saturated heterocycles. The van der Waals surface area contributed by atoms with E-state index >= 15 is 0 Å². The Kier molecular flexibility index (Phi) is 6.52. The van der Waals surface area contributed by atoms with Gasteiger partial charge in [-0.1, -0.05) is 19.8 Å². The molecule has 0 bridgehead atoms. The summed E-state index contributed by atoms with van der Waals surface area (Å²) in [5.74, 6) is 8.05. The Labute approximate surface area is 95.0 Å². The van der Waals surface area contributed by atoms with Crippen LogP contribution in [-0.2, 0) is 0 Å². The van der Waals surface area contributed by atoms with Crippen molar-refractivity contribution in [3.63, 3.8) is 0 Å². The molecule has 1 saturated carbocycles. The van der Waals surface area contributed by atoms with Gasteiger partial charge in [-0.15, -0.1) is 11.8 Å². The van der Waals surface area contributed by atoms with Crippen molar-refractivity contribution in [3.05, 3.63) is 0 Å². The minimum Gasteiger partial charge on any atom is -0.316 e. The summed E-state index contributed by atoms with van der Waals surface area (Å²) in [5, 5.41) is 3.56. The van der Waals surface area contributed by atoms with Gasteiger partial charge in [0.05, 0.1) is 0 Å². The second-order valence-corrected chi connectivity index (χ2v) is 4.62. The highest BCUT2D eigenvalue weighted by molar-refractivity contribution is 4.95. The van der Waals surface area contributed by atoms with Crippen LogP contribution in [0, 0.1) is 23.7 Å². The first kappa shape index (κ1) is 12.6. The zero-order valence-electron chi connectivity index (χ0n) is 10.3. The van der Waals surface area contributed by atoms with Crippen LogP contribution < -0.4 is 5.32 Å². The first-order chi connectivity index (χ1) is 7.38. The minimum atomic E-state index is 0.926. The average molecular weight is 207 g/mol. The molecule has 0 aromatic rings. The van der Waals surface area contributed by atoms with Gasteiger partial charge < -0.3 is 5.32 Å². The highest BCUT2D eigenvalue weighted by Crippen LogP contribution is 2.34. The van der Waals surface area contributed by atoms with Gasteiger partial charge in [-0.25, -0.2) is 0 Å². The van der Waals surface area contributed by atoms with Gasteiger partial charge in [0.25, 0.3) is 0 Å². The monoisotopic (exact) mass is 207 g/mol. The molecule has 2 atom stereocenters. The zero-order valence-corrected chi connectivity index (χ0v) is 10.3. The third kappa shape index (κ3) is 4.71. The van der Waals surface area contributed by atoms with Gasteiger partial charge in [0.2, 0.25) is 0 Å². The molecule has 0 spiro atoms. The van der Waals surface area contributed by atoms with Gasteiger partial charge in [-0.2, -0.15) is 0 Å². The van der Waals surface area contributed by atoms with E-state index in [1.54, 1.807) is 0 Å². The SMILES string of the molecule is CC#CCCC1CCCC1CNCCC. The Morgan fingerprint density at radius 1 is 1.27 bits per heavy atom. The molecule has 2 unspecified atom stereocenters. The summed E-state index contributed by atoms with van der Waals surface area (Å²) in [6.07, 6.45) is 7.97. The van der Waals surface area contributed by atoms with Crippen LogP contribution in [0.25, 0.3) is 0 Å². The van der Waals surface area contributed by atoms with Gasteiger partial charge >= 0.3 is 0 Å². The van der Waals surface area contributed by atoms with Gasteiger partial charge in [0.15, 0.2) is 0 Å². The summed E-state index contributed by atoms with van der Waals surface area (Å²) in [5.41, 5.74) is 0. The molecule has 0 amide bonds. The van der Waals surface area contributed by atoms with Crippen LogP contribution in [-0.4, -0.2) is 13.1 Å². The molecule has 0 aromatic carbocycles. The van der Waals surface area contributed by atoms with Crippen molar-refractivity contribution >= 4 is 0 Å². The van der Waals surface area contributed by atoms with Gasteiger partial charge in [0, 0.05) is 6.42 Å². The summed E-state index contributed by atoms with van der Waals surface area (Å²) in [7, 11) is 0. The Morgan fingerprint density at radius 3 is 2.80 bits per heavy atom. The van der Waals surface area contributed by atoms with E-state index in [4.69, 9.17) is 0 Å². The van der Waals surface area contributed by atoms with Crippen LogP contribution >= 0.6 is 0 Å². The minimum absolute atomic E-state index is 0.926. The number of hydrogen-bond donors (Lipinski definition) is 1. The molecule has 86 valence electrons. The van der Waals surface area contributed by atoms with Gasteiger partial charge in [0.1, 0.15) is 0 Å². The van der Waals surface area contributed by atoms with Crippen LogP contribution in [0.5, 0.6) is 0 Å². The second kappa shape index (κ2) is 7.77.